The van der Waals surface area contributed by atoms with E-state index in [-0.39, 0.29) is 5.60 Å². The predicted molar refractivity (Wildman–Crippen MR) is 84.5 cm³/mol. The third kappa shape index (κ3) is 5.14. The molecule has 0 aliphatic heterocycles. The van der Waals surface area contributed by atoms with E-state index in [1.54, 1.807) is 7.11 Å². The molecule has 3 nitrogen and oxygen atoms in total. The maximum Gasteiger partial charge on any atom is 0.118 e. The number of rotatable bonds is 9. The second-order valence-electron chi connectivity index (χ2n) is 5.53. The summed E-state index contributed by atoms with van der Waals surface area (Å²) in [4.78, 5) is 0. The molecule has 1 aromatic rings. The highest BCUT2D eigenvalue weighted by Crippen LogP contribution is 2.20. The number of methoxy groups -OCH3 is 1. The first-order valence-corrected chi connectivity index (χ1v) is 7.53. The Kier molecular flexibility index (Phi) is 7.03. The average Bonchev–Trinajstić information content (AvgIpc) is 2.43. The molecule has 0 aliphatic rings. The highest BCUT2D eigenvalue weighted by Gasteiger charge is 2.28. The zero-order chi connectivity index (χ0) is 15.0. The van der Waals surface area contributed by atoms with Gasteiger partial charge in [0.25, 0.3) is 0 Å². The number of hydrogen-bond acceptors (Lipinski definition) is 3. The van der Waals surface area contributed by atoms with E-state index in [1.807, 2.05) is 19.1 Å². The molecule has 0 saturated carbocycles. The van der Waals surface area contributed by atoms with Crippen LogP contribution in [0.2, 0.25) is 0 Å². The summed E-state index contributed by atoms with van der Waals surface area (Å²) in [6, 6.07) is 8.66. The van der Waals surface area contributed by atoms with Crippen LogP contribution in [0.1, 0.15) is 39.7 Å². The summed E-state index contributed by atoms with van der Waals surface area (Å²) in [5.41, 5.74) is 1.19. The van der Waals surface area contributed by atoms with Crippen molar-refractivity contribution < 1.29 is 9.47 Å². The summed E-state index contributed by atoms with van der Waals surface area (Å²) < 4.78 is 11.1. The molecule has 0 heterocycles. The molecule has 0 saturated heterocycles. The van der Waals surface area contributed by atoms with Crippen LogP contribution in [0.4, 0.5) is 0 Å². The van der Waals surface area contributed by atoms with Crippen molar-refractivity contribution in [3.8, 4) is 5.75 Å². The van der Waals surface area contributed by atoms with E-state index in [9.17, 15) is 0 Å². The van der Waals surface area contributed by atoms with E-state index in [4.69, 9.17) is 9.47 Å². The lowest BCUT2D eigenvalue weighted by molar-refractivity contribution is -0.0396. The fraction of sp³-hybridized carbons (Fsp3) is 0.647. The second-order valence-corrected chi connectivity index (χ2v) is 5.53. The number of aryl methyl sites for hydroxylation is 1. The van der Waals surface area contributed by atoms with Gasteiger partial charge in [-0.3, -0.25) is 0 Å². The van der Waals surface area contributed by atoms with Gasteiger partial charge in [0, 0.05) is 12.6 Å². The summed E-state index contributed by atoms with van der Waals surface area (Å²) in [5, 5.41) is 3.55. The number of likely N-dealkylation sites (N-methyl/N-ethyl adjacent to an activating group) is 1. The molecule has 1 N–H and O–H groups in total. The fourth-order valence-corrected chi connectivity index (χ4v) is 2.52. The van der Waals surface area contributed by atoms with E-state index < -0.39 is 0 Å². The zero-order valence-electron chi connectivity index (χ0n) is 13.5. The Morgan fingerprint density at radius 2 is 1.80 bits per heavy atom. The molecule has 20 heavy (non-hydrogen) atoms. The Morgan fingerprint density at radius 3 is 2.30 bits per heavy atom. The first-order chi connectivity index (χ1) is 9.53. The number of ether oxygens (including phenoxy) is 2. The molecule has 0 spiro atoms. The predicted octanol–water partition coefficient (Wildman–Crippen LogP) is 3.42. The van der Waals surface area contributed by atoms with Gasteiger partial charge in [-0.25, -0.2) is 0 Å². The van der Waals surface area contributed by atoms with Crippen LogP contribution < -0.4 is 10.1 Å². The smallest absolute Gasteiger partial charge is 0.118 e. The van der Waals surface area contributed by atoms with Gasteiger partial charge in [0.15, 0.2) is 0 Å². The first-order valence-electron chi connectivity index (χ1n) is 7.53. The SMILES string of the molecule is CCNC(CCc1ccc(OC)cc1)C(C)(C)OCC. The number of hydrogen-bond donors (Lipinski definition) is 1. The van der Waals surface area contributed by atoms with Gasteiger partial charge < -0.3 is 14.8 Å². The summed E-state index contributed by atoms with van der Waals surface area (Å²) in [6.45, 7) is 10.2. The molecular formula is C17H29NO2. The van der Waals surface area contributed by atoms with E-state index in [0.717, 1.165) is 31.7 Å². The second kappa shape index (κ2) is 8.28. The molecule has 114 valence electrons. The standard InChI is InChI=1S/C17H29NO2/c1-6-18-16(17(3,4)20-7-2)13-10-14-8-11-15(19-5)12-9-14/h8-9,11-12,16,18H,6-7,10,13H2,1-5H3. The van der Waals surface area contributed by atoms with Crippen LogP contribution in [-0.4, -0.2) is 31.9 Å². The molecule has 0 aromatic heterocycles. The average molecular weight is 279 g/mol. The van der Waals surface area contributed by atoms with Crippen LogP contribution >= 0.6 is 0 Å². The molecule has 0 aliphatic carbocycles. The minimum absolute atomic E-state index is 0.142. The van der Waals surface area contributed by atoms with Gasteiger partial charge in [-0.15, -0.1) is 0 Å². The molecule has 1 aromatic carbocycles. The Balaban J connectivity index is 2.61. The summed E-state index contributed by atoms with van der Waals surface area (Å²) >= 11 is 0. The van der Waals surface area contributed by atoms with E-state index >= 15 is 0 Å². The van der Waals surface area contributed by atoms with Gasteiger partial charge in [-0.2, -0.15) is 0 Å². The summed E-state index contributed by atoms with van der Waals surface area (Å²) in [5.74, 6) is 0.909. The molecule has 3 heteroatoms. The van der Waals surface area contributed by atoms with Crippen molar-refractivity contribution in [1.29, 1.82) is 0 Å². The van der Waals surface area contributed by atoms with E-state index in [2.05, 4.69) is 38.2 Å². The quantitative estimate of drug-likeness (QED) is 0.751. The largest absolute Gasteiger partial charge is 0.497 e. The van der Waals surface area contributed by atoms with Crippen LogP contribution in [0.5, 0.6) is 5.75 Å². The van der Waals surface area contributed by atoms with Crippen LogP contribution in [0.3, 0.4) is 0 Å². The van der Waals surface area contributed by atoms with Crippen LogP contribution in [0, 0.1) is 0 Å². The van der Waals surface area contributed by atoms with E-state index in [0.29, 0.717) is 6.04 Å². The van der Waals surface area contributed by atoms with Gasteiger partial charge >= 0.3 is 0 Å². The molecule has 0 radical (unpaired) electrons. The molecule has 1 unspecified atom stereocenters. The number of nitrogens with one attached hydrogen (secondary N) is 1. The molecule has 0 amide bonds. The molecule has 1 rings (SSSR count). The first kappa shape index (κ1) is 17.0. The van der Waals surface area contributed by atoms with Crippen LogP contribution in [0.25, 0.3) is 0 Å². The lowest BCUT2D eigenvalue weighted by Gasteiger charge is -2.35. The Bertz CT molecular complexity index is 373. The number of benzene rings is 1. The molecule has 0 bridgehead atoms. The maximum atomic E-state index is 5.89. The van der Waals surface area contributed by atoms with Crippen LogP contribution in [0.15, 0.2) is 24.3 Å². The van der Waals surface area contributed by atoms with Gasteiger partial charge in [-0.05, 0) is 57.9 Å². The van der Waals surface area contributed by atoms with Gasteiger partial charge in [0.2, 0.25) is 0 Å². The van der Waals surface area contributed by atoms with Crippen molar-refractivity contribution >= 4 is 0 Å². The lowest BCUT2D eigenvalue weighted by atomic mass is 9.92. The fourth-order valence-electron chi connectivity index (χ4n) is 2.52. The third-order valence-electron chi connectivity index (χ3n) is 3.69. The highest BCUT2D eigenvalue weighted by atomic mass is 16.5. The molecule has 1 atom stereocenters. The van der Waals surface area contributed by atoms with Crippen LogP contribution in [-0.2, 0) is 11.2 Å². The molecular weight excluding hydrogens is 250 g/mol. The van der Waals surface area contributed by atoms with Gasteiger partial charge in [0.05, 0.1) is 12.7 Å². The normalized spacial score (nSPS) is 13.2. The Labute approximate surface area is 123 Å². The highest BCUT2D eigenvalue weighted by molar-refractivity contribution is 5.27. The summed E-state index contributed by atoms with van der Waals surface area (Å²) in [7, 11) is 1.70. The van der Waals surface area contributed by atoms with Crippen molar-refractivity contribution in [2.24, 2.45) is 0 Å². The molecule has 0 fully saturated rings. The third-order valence-corrected chi connectivity index (χ3v) is 3.69. The van der Waals surface area contributed by atoms with E-state index in [1.165, 1.54) is 5.56 Å². The van der Waals surface area contributed by atoms with Gasteiger partial charge in [-0.1, -0.05) is 19.1 Å². The Morgan fingerprint density at radius 1 is 1.15 bits per heavy atom. The van der Waals surface area contributed by atoms with Crippen molar-refractivity contribution in [3.05, 3.63) is 29.8 Å². The minimum atomic E-state index is -0.142. The van der Waals surface area contributed by atoms with Crippen molar-refractivity contribution in [1.82, 2.24) is 5.32 Å². The topological polar surface area (TPSA) is 30.5 Å². The monoisotopic (exact) mass is 279 g/mol. The van der Waals surface area contributed by atoms with Crippen molar-refractivity contribution in [2.45, 2.75) is 52.2 Å². The van der Waals surface area contributed by atoms with Gasteiger partial charge in [0.1, 0.15) is 5.75 Å². The minimum Gasteiger partial charge on any atom is -0.497 e. The lowest BCUT2D eigenvalue weighted by Crippen LogP contribution is -2.48. The maximum absolute atomic E-state index is 5.89. The zero-order valence-corrected chi connectivity index (χ0v) is 13.5. The van der Waals surface area contributed by atoms with Crippen molar-refractivity contribution in [2.75, 3.05) is 20.3 Å². The Hall–Kier alpha value is -1.06. The van der Waals surface area contributed by atoms with Crippen molar-refractivity contribution in [3.63, 3.8) is 0 Å². The summed E-state index contributed by atoms with van der Waals surface area (Å²) in [6.07, 6.45) is 2.10.